The highest BCUT2D eigenvalue weighted by atomic mass is 32.2. The zero-order valence-corrected chi connectivity index (χ0v) is 8.80. The summed E-state index contributed by atoms with van der Waals surface area (Å²) in [4.78, 5) is 11.1. The second-order valence-corrected chi connectivity index (χ2v) is 3.65. The van der Waals surface area contributed by atoms with Crippen molar-refractivity contribution in [3.63, 3.8) is 0 Å². The number of rotatable bonds is 3. The standard InChI is InChI=1S/C7H10N2OS2/c1-9-6(10)5(4-8)7(11-2)12-3/h1-3H3,(H,9,10). The maximum atomic E-state index is 11.1. The second-order valence-electron chi connectivity index (χ2n) is 1.76. The molecule has 1 N–H and O–H groups in total. The predicted molar refractivity (Wildman–Crippen MR) is 53.7 cm³/mol. The van der Waals surface area contributed by atoms with Gasteiger partial charge in [-0.15, -0.1) is 23.5 Å². The van der Waals surface area contributed by atoms with Crippen molar-refractivity contribution in [3.05, 3.63) is 9.81 Å². The van der Waals surface area contributed by atoms with E-state index >= 15 is 0 Å². The van der Waals surface area contributed by atoms with E-state index in [4.69, 9.17) is 5.26 Å². The fourth-order valence-corrected chi connectivity index (χ4v) is 1.95. The Morgan fingerprint density at radius 1 is 1.42 bits per heavy atom. The third kappa shape index (κ3) is 2.80. The lowest BCUT2D eigenvalue weighted by molar-refractivity contribution is -0.116. The van der Waals surface area contributed by atoms with Crippen LogP contribution in [0.5, 0.6) is 0 Å². The van der Waals surface area contributed by atoms with Crippen molar-refractivity contribution in [1.29, 1.82) is 5.26 Å². The minimum absolute atomic E-state index is 0.192. The molecule has 0 saturated carbocycles. The van der Waals surface area contributed by atoms with Gasteiger partial charge in [0.1, 0.15) is 11.6 Å². The molecule has 0 rings (SSSR count). The van der Waals surface area contributed by atoms with E-state index < -0.39 is 0 Å². The molecule has 12 heavy (non-hydrogen) atoms. The first-order valence-electron chi connectivity index (χ1n) is 3.15. The van der Waals surface area contributed by atoms with Crippen LogP contribution < -0.4 is 5.32 Å². The Labute approximate surface area is 80.6 Å². The van der Waals surface area contributed by atoms with E-state index in [-0.39, 0.29) is 11.5 Å². The molecule has 0 fully saturated rings. The van der Waals surface area contributed by atoms with Gasteiger partial charge in [-0.25, -0.2) is 0 Å². The van der Waals surface area contributed by atoms with Gasteiger partial charge in [0, 0.05) is 7.05 Å². The van der Waals surface area contributed by atoms with Crippen molar-refractivity contribution >= 4 is 29.4 Å². The molecule has 0 heterocycles. The van der Waals surface area contributed by atoms with Gasteiger partial charge in [-0.3, -0.25) is 4.79 Å². The Hall–Kier alpha value is -0.600. The third-order valence-corrected chi connectivity index (χ3v) is 3.29. The summed E-state index contributed by atoms with van der Waals surface area (Å²) in [6.45, 7) is 0. The first-order chi connectivity index (χ1) is 5.71. The van der Waals surface area contributed by atoms with E-state index in [0.717, 1.165) is 4.24 Å². The van der Waals surface area contributed by atoms with E-state index in [1.54, 1.807) is 0 Å². The van der Waals surface area contributed by atoms with Gasteiger partial charge in [0.2, 0.25) is 0 Å². The number of amides is 1. The first kappa shape index (κ1) is 11.4. The van der Waals surface area contributed by atoms with E-state index in [2.05, 4.69) is 5.32 Å². The van der Waals surface area contributed by atoms with Crippen molar-refractivity contribution in [2.75, 3.05) is 19.6 Å². The Balaban J connectivity index is 4.85. The summed E-state index contributed by atoms with van der Waals surface area (Å²) in [5, 5.41) is 11.1. The summed E-state index contributed by atoms with van der Waals surface area (Å²) in [6.07, 6.45) is 3.68. The lowest BCUT2D eigenvalue weighted by Gasteiger charge is -2.02. The van der Waals surface area contributed by atoms with Gasteiger partial charge < -0.3 is 5.32 Å². The number of hydrogen-bond acceptors (Lipinski definition) is 4. The fourth-order valence-electron chi connectivity index (χ4n) is 0.602. The number of nitriles is 1. The van der Waals surface area contributed by atoms with Crippen molar-refractivity contribution in [2.45, 2.75) is 0 Å². The van der Waals surface area contributed by atoms with Crippen LogP contribution in [0.2, 0.25) is 0 Å². The molecule has 0 aliphatic rings. The van der Waals surface area contributed by atoms with Crippen LogP contribution in [0.15, 0.2) is 9.81 Å². The summed E-state index contributed by atoms with van der Waals surface area (Å²) < 4.78 is 0.747. The van der Waals surface area contributed by atoms with Crippen LogP contribution in [-0.2, 0) is 4.79 Å². The second kappa shape index (κ2) is 5.98. The summed E-state index contributed by atoms with van der Waals surface area (Å²) in [5.41, 5.74) is 0.192. The van der Waals surface area contributed by atoms with Crippen LogP contribution >= 0.6 is 23.5 Å². The minimum Gasteiger partial charge on any atom is -0.354 e. The molecule has 0 saturated heterocycles. The summed E-state index contributed by atoms with van der Waals surface area (Å²) >= 11 is 2.81. The number of carbonyl (C=O) groups is 1. The van der Waals surface area contributed by atoms with E-state index in [9.17, 15) is 4.79 Å². The molecule has 0 aromatic heterocycles. The number of thioether (sulfide) groups is 2. The van der Waals surface area contributed by atoms with Crippen molar-refractivity contribution in [1.82, 2.24) is 5.32 Å². The minimum atomic E-state index is -0.323. The zero-order valence-electron chi connectivity index (χ0n) is 7.17. The monoisotopic (exact) mass is 202 g/mol. The number of nitrogens with zero attached hydrogens (tertiary/aromatic N) is 1. The van der Waals surface area contributed by atoms with Gasteiger partial charge in [0.15, 0.2) is 0 Å². The quantitative estimate of drug-likeness (QED) is 0.552. The highest BCUT2D eigenvalue weighted by molar-refractivity contribution is 8.21. The maximum Gasteiger partial charge on any atom is 0.263 e. The smallest absolute Gasteiger partial charge is 0.263 e. The molecule has 0 aliphatic heterocycles. The summed E-state index contributed by atoms with van der Waals surface area (Å²) in [5.74, 6) is -0.323. The Bertz CT molecular complexity index is 236. The van der Waals surface area contributed by atoms with Gasteiger partial charge in [-0.1, -0.05) is 0 Å². The molecule has 66 valence electrons. The number of nitrogens with one attached hydrogen (secondary N) is 1. The van der Waals surface area contributed by atoms with Gasteiger partial charge >= 0.3 is 0 Å². The highest BCUT2D eigenvalue weighted by Crippen LogP contribution is 2.27. The zero-order chi connectivity index (χ0) is 9.56. The number of carbonyl (C=O) groups excluding carboxylic acids is 1. The SMILES string of the molecule is CNC(=O)C(C#N)=C(SC)SC. The van der Waals surface area contributed by atoms with Gasteiger partial charge in [-0.05, 0) is 12.5 Å². The summed E-state index contributed by atoms with van der Waals surface area (Å²) in [7, 11) is 1.51. The molecule has 0 spiro atoms. The Morgan fingerprint density at radius 2 is 1.92 bits per heavy atom. The maximum absolute atomic E-state index is 11.1. The highest BCUT2D eigenvalue weighted by Gasteiger charge is 2.11. The number of hydrogen-bond donors (Lipinski definition) is 1. The normalized spacial score (nSPS) is 8.50. The van der Waals surface area contributed by atoms with Crippen LogP contribution in [0, 0.1) is 11.3 Å². The number of likely N-dealkylation sites (N-methyl/N-ethyl adjacent to an activating group) is 1. The van der Waals surface area contributed by atoms with Crippen LogP contribution in [0.1, 0.15) is 0 Å². The molecule has 1 amide bonds. The molecular weight excluding hydrogens is 192 g/mol. The van der Waals surface area contributed by atoms with Crippen LogP contribution in [0.25, 0.3) is 0 Å². The van der Waals surface area contributed by atoms with Crippen molar-refractivity contribution in [2.24, 2.45) is 0 Å². The molecule has 0 aromatic carbocycles. The average Bonchev–Trinajstić information content (AvgIpc) is 2.12. The molecule has 0 radical (unpaired) electrons. The van der Waals surface area contributed by atoms with E-state index in [1.807, 2.05) is 18.6 Å². The van der Waals surface area contributed by atoms with Crippen LogP contribution in [0.4, 0.5) is 0 Å². The van der Waals surface area contributed by atoms with E-state index in [0.29, 0.717) is 0 Å². The average molecular weight is 202 g/mol. The third-order valence-electron chi connectivity index (χ3n) is 1.14. The van der Waals surface area contributed by atoms with Crippen LogP contribution in [0.3, 0.4) is 0 Å². The van der Waals surface area contributed by atoms with Crippen molar-refractivity contribution in [3.8, 4) is 6.07 Å². The van der Waals surface area contributed by atoms with Gasteiger partial charge in [-0.2, -0.15) is 5.26 Å². The molecule has 3 nitrogen and oxygen atoms in total. The van der Waals surface area contributed by atoms with Crippen LogP contribution in [-0.4, -0.2) is 25.5 Å². The molecule has 0 aliphatic carbocycles. The fraction of sp³-hybridized carbons (Fsp3) is 0.429. The summed E-state index contributed by atoms with van der Waals surface area (Å²) in [6, 6.07) is 1.88. The molecule has 0 atom stereocenters. The molecular formula is C7H10N2OS2. The van der Waals surface area contributed by atoms with E-state index in [1.165, 1.54) is 30.6 Å². The molecule has 0 unspecified atom stereocenters. The molecule has 0 aromatic rings. The Morgan fingerprint density at radius 3 is 2.17 bits per heavy atom. The topological polar surface area (TPSA) is 52.9 Å². The predicted octanol–water partition coefficient (Wildman–Crippen LogP) is 1.19. The first-order valence-corrected chi connectivity index (χ1v) is 5.60. The molecule has 5 heteroatoms. The lowest BCUT2D eigenvalue weighted by atomic mass is 10.3. The van der Waals surface area contributed by atoms with Crippen molar-refractivity contribution < 1.29 is 4.79 Å². The van der Waals surface area contributed by atoms with Gasteiger partial charge in [0.25, 0.3) is 5.91 Å². The van der Waals surface area contributed by atoms with Gasteiger partial charge in [0.05, 0.1) is 4.24 Å². The lowest BCUT2D eigenvalue weighted by Crippen LogP contribution is -2.19. The molecule has 0 bridgehead atoms. The largest absolute Gasteiger partial charge is 0.354 e. The Kier molecular flexibility index (Phi) is 5.68.